The predicted octanol–water partition coefficient (Wildman–Crippen LogP) is 6.81. The van der Waals surface area contributed by atoms with Crippen LogP contribution in [-0.2, 0) is 42.0 Å². The molecule has 18 nitrogen and oxygen atoms in total. The molecular weight excluding hydrogens is 887 g/mol. The first-order valence-corrected chi connectivity index (χ1v) is 24.6. The van der Waals surface area contributed by atoms with Crippen molar-refractivity contribution >= 4 is 36.0 Å². The van der Waals surface area contributed by atoms with Crippen molar-refractivity contribution in [1.29, 1.82) is 0 Å². The van der Waals surface area contributed by atoms with Crippen LogP contribution in [0.15, 0.2) is 60.7 Å². The minimum atomic E-state index is -0.943. The first-order chi connectivity index (χ1) is 32.6. The number of Topliss-reactive ketones (excluding diaryl/α,β-unsaturated/α-hetero) is 1. The van der Waals surface area contributed by atoms with E-state index in [0.29, 0.717) is 69.4 Å². The number of rotatable bonds is 10. The summed E-state index contributed by atoms with van der Waals surface area (Å²) >= 11 is 0. The highest BCUT2D eigenvalue weighted by Crippen LogP contribution is 2.54. The van der Waals surface area contributed by atoms with Crippen LogP contribution < -0.4 is 5.73 Å². The molecule has 2 aliphatic carbocycles. The molecule has 0 unspecified atom stereocenters. The van der Waals surface area contributed by atoms with Gasteiger partial charge < -0.3 is 39.9 Å². The predicted molar refractivity (Wildman–Crippen MR) is 252 cm³/mol. The maximum absolute atomic E-state index is 13.1. The molecule has 4 bridgehead atoms. The topological polar surface area (TPSA) is 205 Å². The highest BCUT2D eigenvalue weighted by atomic mass is 16.7. The molecule has 2 spiro atoms. The van der Waals surface area contributed by atoms with E-state index in [1.54, 1.807) is 14.7 Å². The van der Waals surface area contributed by atoms with Gasteiger partial charge in [0.25, 0.3) is 0 Å². The quantitative estimate of drug-likeness (QED) is 0.252. The van der Waals surface area contributed by atoms with Crippen LogP contribution in [0.4, 0.5) is 19.2 Å². The number of fused-ring (bicyclic) bond motifs is 4. The number of carbonyl (C=O) groups is 6. The number of urea groups is 2. The van der Waals surface area contributed by atoms with Gasteiger partial charge in [0.15, 0.2) is 5.78 Å². The third kappa shape index (κ3) is 11.6. The van der Waals surface area contributed by atoms with Crippen LogP contribution in [0.25, 0.3) is 0 Å². The molecule has 2 aromatic rings. The number of hydrogen-bond donors (Lipinski definition) is 2. The number of aliphatic carboxylic acids is 1. The third-order valence-corrected chi connectivity index (χ3v) is 14.5. The summed E-state index contributed by atoms with van der Waals surface area (Å²) in [6.07, 6.45) is 6.76. The van der Waals surface area contributed by atoms with E-state index in [-0.39, 0.29) is 53.6 Å². The van der Waals surface area contributed by atoms with Crippen LogP contribution >= 0.6 is 0 Å². The summed E-state index contributed by atoms with van der Waals surface area (Å²) in [7, 11) is 0. The van der Waals surface area contributed by atoms with E-state index in [4.69, 9.17) is 30.0 Å². The summed E-state index contributed by atoms with van der Waals surface area (Å²) in [5.74, 6) is -0.435. The zero-order valence-corrected chi connectivity index (χ0v) is 41.0. The fourth-order valence-electron chi connectivity index (χ4n) is 11.4. The minimum Gasteiger partial charge on any atom is -0.480 e. The molecule has 10 rings (SSSR count). The van der Waals surface area contributed by atoms with E-state index in [2.05, 4.69) is 0 Å². The van der Waals surface area contributed by atoms with Crippen molar-refractivity contribution in [2.75, 3.05) is 39.3 Å². The fourth-order valence-corrected chi connectivity index (χ4v) is 11.4. The largest absolute Gasteiger partial charge is 0.480 e. The van der Waals surface area contributed by atoms with Crippen LogP contribution in [0, 0.1) is 16.7 Å². The van der Waals surface area contributed by atoms with Gasteiger partial charge in [0.1, 0.15) is 30.5 Å². The van der Waals surface area contributed by atoms with Crippen molar-refractivity contribution in [3.05, 3.63) is 71.8 Å². The first-order valence-electron chi connectivity index (χ1n) is 24.6. The van der Waals surface area contributed by atoms with Crippen LogP contribution in [-0.4, -0.2) is 152 Å². The summed E-state index contributed by atoms with van der Waals surface area (Å²) in [4.78, 5) is 91.3. The lowest BCUT2D eigenvalue weighted by Gasteiger charge is -2.58. The van der Waals surface area contributed by atoms with Crippen LogP contribution in [0.2, 0.25) is 0 Å². The summed E-state index contributed by atoms with van der Waals surface area (Å²) < 4.78 is 10.7. The molecule has 69 heavy (non-hydrogen) atoms. The molecule has 0 aromatic heterocycles. The molecule has 6 heterocycles. The van der Waals surface area contributed by atoms with E-state index >= 15 is 0 Å². The second-order valence-corrected chi connectivity index (χ2v) is 22.7. The monoisotopic (exact) mass is 958 g/mol. The zero-order valence-electron chi connectivity index (χ0n) is 41.0. The second-order valence-electron chi connectivity index (χ2n) is 22.7. The Hall–Kier alpha value is -5.46. The lowest BCUT2D eigenvalue weighted by atomic mass is 9.56. The molecule has 18 heteroatoms. The molecule has 3 N–H and O–H groups in total. The van der Waals surface area contributed by atoms with Crippen LogP contribution in [0.5, 0.6) is 0 Å². The number of benzene rings is 2. The van der Waals surface area contributed by atoms with Crippen molar-refractivity contribution < 1.29 is 53.0 Å². The fraction of sp³-hybridized carbons (Fsp3) is 0.647. The number of hydroxylamine groups is 4. The first kappa shape index (κ1) is 49.9. The number of carboxylic acids is 1. The van der Waals surface area contributed by atoms with E-state index in [9.17, 15) is 28.8 Å². The van der Waals surface area contributed by atoms with Crippen molar-refractivity contribution in [3.8, 4) is 0 Å². The van der Waals surface area contributed by atoms with Crippen molar-refractivity contribution in [2.45, 2.75) is 154 Å². The summed E-state index contributed by atoms with van der Waals surface area (Å²) in [5.41, 5.74) is 7.37. The van der Waals surface area contributed by atoms with Crippen molar-refractivity contribution in [1.82, 2.24) is 29.7 Å². The van der Waals surface area contributed by atoms with Gasteiger partial charge >= 0.3 is 30.2 Å². The third-order valence-electron chi connectivity index (χ3n) is 14.5. The minimum absolute atomic E-state index is 0.0149. The Morgan fingerprint density at radius 2 is 1.03 bits per heavy atom. The van der Waals surface area contributed by atoms with Gasteiger partial charge in [-0.3, -0.25) is 14.5 Å². The van der Waals surface area contributed by atoms with Gasteiger partial charge in [-0.2, -0.15) is 10.1 Å². The van der Waals surface area contributed by atoms with E-state index in [0.717, 1.165) is 69.4 Å². The van der Waals surface area contributed by atoms with Crippen LogP contribution in [0.3, 0.4) is 0 Å². The second kappa shape index (κ2) is 19.7. The Bertz CT molecular complexity index is 2190. The van der Waals surface area contributed by atoms with Crippen molar-refractivity contribution in [2.24, 2.45) is 22.5 Å². The summed E-state index contributed by atoms with van der Waals surface area (Å²) in [6, 6.07) is 18.1. The Labute approximate surface area is 405 Å². The molecule has 376 valence electrons. The van der Waals surface area contributed by atoms with Gasteiger partial charge in [-0.1, -0.05) is 60.7 Å². The average molecular weight is 958 g/mol. The van der Waals surface area contributed by atoms with E-state index < -0.39 is 23.2 Å². The smallest absolute Gasteiger partial charge is 0.410 e. The molecule has 6 saturated heterocycles. The lowest BCUT2D eigenvalue weighted by Crippen LogP contribution is -2.66. The molecule has 0 radical (unpaired) electrons. The molecule has 2 saturated carbocycles. The van der Waals surface area contributed by atoms with Gasteiger partial charge in [0.2, 0.25) is 0 Å². The summed E-state index contributed by atoms with van der Waals surface area (Å²) in [5, 5.41) is 11.9. The highest BCUT2D eigenvalue weighted by Gasteiger charge is 2.56. The van der Waals surface area contributed by atoms with Gasteiger partial charge in [-0.25, -0.2) is 24.0 Å². The number of carboxylic acid groups (broad SMARTS) is 1. The molecule has 2 aromatic carbocycles. The SMILES string of the molecule is CC(C)(C)OC(=O)N1CC2(CC(CC(=O)[C@H]3CC[C@@H]4CN3C(=O)N4OCc3ccccc3)C2)C1.CC(C)(C)OC(=O)N1CC2(CC(N)C2)C1.O=C(O)[C@H]1CC[C@@H]2CN1C(=O)N2OCc1ccccc1. The van der Waals surface area contributed by atoms with Gasteiger partial charge in [-0.15, -0.1) is 0 Å². The number of hydrogen-bond acceptors (Lipinski definition) is 11. The Morgan fingerprint density at radius 3 is 1.43 bits per heavy atom. The number of ether oxygens (including phenoxy) is 2. The molecule has 8 aliphatic rings. The van der Waals surface area contributed by atoms with Gasteiger partial charge in [0, 0.05) is 62.6 Å². The number of nitrogens with two attached hydrogens (primary N) is 1. The number of ketones is 1. The summed E-state index contributed by atoms with van der Waals surface area (Å²) in [6.45, 7) is 16.0. The standard InChI is InChI=1S/C26H35N3O5.C14H16N2O4.C11H20N2O2/c1-25(2,3)34-24(32)27-16-26(17-27)12-19(13-26)11-22(30)21-10-9-20-14-28(21)23(31)29(20)33-15-18-7-5-4-6-8-18;17-13(18)12-7-6-11-8-15(12)14(19)16(11)20-9-10-4-2-1-3-5-10;1-10(2,3)15-9(14)13-6-11(7-13)4-8(12)5-11/h4-8,19-21H,9-17H2,1-3H3;1-5,11-12H,6-9H2,(H,17,18);8H,4-7,12H2,1-3H3/t20-,21-;11-,12-;/m11./s1. The maximum atomic E-state index is 13.1. The number of carbonyl (C=O) groups excluding carboxylic acids is 5. The number of likely N-dealkylation sites (tertiary alicyclic amines) is 2. The van der Waals surface area contributed by atoms with E-state index in [1.165, 1.54) is 15.0 Å². The number of amides is 6. The molecule has 8 fully saturated rings. The Morgan fingerprint density at radius 1 is 0.623 bits per heavy atom. The zero-order chi connectivity index (χ0) is 49.5. The van der Waals surface area contributed by atoms with Crippen molar-refractivity contribution in [3.63, 3.8) is 0 Å². The molecule has 4 atom stereocenters. The Kier molecular flexibility index (Phi) is 14.3. The van der Waals surface area contributed by atoms with Gasteiger partial charge in [-0.05, 0) is 110 Å². The lowest BCUT2D eigenvalue weighted by molar-refractivity contribution is -0.143. The normalized spacial score (nSPS) is 25.4. The van der Waals surface area contributed by atoms with E-state index in [1.807, 2.05) is 102 Å². The highest BCUT2D eigenvalue weighted by molar-refractivity contribution is 5.90. The van der Waals surface area contributed by atoms with Gasteiger partial charge in [0.05, 0.1) is 18.1 Å². The average Bonchev–Trinajstić information content (AvgIpc) is 3.61. The molecule has 6 aliphatic heterocycles. The van der Waals surface area contributed by atoms with Crippen LogP contribution in [0.1, 0.15) is 110 Å². The molecular formula is C51H71N7O11. The Balaban J connectivity index is 0.000000155. The number of piperidine rings is 2. The molecule has 6 amide bonds. The number of nitrogens with zero attached hydrogens (tertiary/aromatic N) is 6. The maximum Gasteiger partial charge on any atom is 0.410 e.